The maximum Gasteiger partial charge on any atom is 0.335 e. The average molecular weight is 447 g/mol. The molecule has 2 saturated heterocycles. The second kappa shape index (κ2) is 9.40. The van der Waals surface area contributed by atoms with Gasteiger partial charge in [-0.2, -0.15) is 0 Å². The van der Waals surface area contributed by atoms with Gasteiger partial charge in [0.05, 0.1) is 12.6 Å². The van der Waals surface area contributed by atoms with Gasteiger partial charge < -0.3 is 27.9 Å². The SMILES string of the molecule is BC1OC2CO[Si](C(C)C)(C(C)C)O[Si](C(C)C)(C(C)C)O[C@H]2[C@]1(O)CCCO. The first kappa shape index (κ1) is 25.5. The van der Waals surface area contributed by atoms with Crippen molar-refractivity contribution < 1.29 is 27.9 Å². The van der Waals surface area contributed by atoms with Crippen LogP contribution >= 0.6 is 0 Å². The smallest absolute Gasteiger partial charge is 0.335 e. The van der Waals surface area contributed by atoms with Crippen molar-refractivity contribution in [2.24, 2.45) is 0 Å². The van der Waals surface area contributed by atoms with E-state index >= 15 is 0 Å². The lowest BCUT2D eigenvalue weighted by atomic mass is 9.77. The van der Waals surface area contributed by atoms with Crippen molar-refractivity contribution in [3.63, 3.8) is 0 Å². The summed E-state index contributed by atoms with van der Waals surface area (Å²) in [6, 6.07) is -0.383. The first-order chi connectivity index (χ1) is 13.4. The normalized spacial score (nSPS) is 34.6. The van der Waals surface area contributed by atoms with Gasteiger partial charge in [0.2, 0.25) is 0 Å². The number of ether oxygens (including phenoxy) is 1. The van der Waals surface area contributed by atoms with Gasteiger partial charge in [-0.05, 0) is 35.0 Å². The third kappa shape index (κ3) is 4.44. The lowest BCUT2D eigenvalue weighted by Gasteiger charge is -2.52. The first-order valence-corrected chi connectivity index (χ1v) is 15.3. The molecular formula is C20H43BO6Si2. The van der Waals surface area contributed by atoms with Crippen LogP contribution in [0.2, 0.25) is 22.2 Å². The van der Waals surface area contributed by atoms with Crippen molar-refractivity contribution in [1.82, 2.24) is 0 Å². The lowest BCUT2D eigenvalue weighted by Crippen LogP contribution is -2.67. The molecule has 0 aliphatic carbocycles. The van der Waals surface area contributed by atoms with Crippen LogP contribution < -0.4 is 0 Å². The van der Waals surface area contributed by atoms with Gasteiger partial charge in [-0.25, -0.2) is 0 Å². The van der Waals surface area contributed by atoms with Crippen LogP contribution in [0.15, 0.2) is 0 Å². The molecule has 0 bridgehead atoms. The van der Waals surface area contributed by atoms with Crippen LogP contribution in [0.25, 0.3) is 0 Å². The minimum Gasteiger partial charge on any atom is -0.414 e. The van der Waals surface area contributed by atoms with Crippen LogP contribution in [0, 0.1) is 0 Å². The molecule has 4 atom stereocenters. The van der Waals surface area contributed by atoms with Crippen LogP contribution in [-0.2, 0) is 17.7 Å². The molecule has 0 aromatic carbocycles. The molecule has 2 unspecified atom stereocenters. The van der Waals surface area contributed by atoms with Gasteiger partial charge in [-0.1, -0.05) is 55.4 Å². The summed E-state index contributed by atoms with van der Waals surface area (Å²) < 4.78 is 27.1. The number of aliphatic hydroxyl groups excluding tert-OH is 1. The molecule has 2 N–H and O–H groups in total. The fraction of sp³-hybridized carbons (Fsp3) is 1.00. The first-order valence-electron chi connectivity index (χ1n) is 11.4. The Bertz CT molecular complexity index is 531. The summed E-state index contributed by atoms with van der Waals surface area (Å²) >= 11 is 0. The van der Waals surface area contributed by atoms with Gasteiger partial charge in [0, 0.05) is 6.61 Å². The molecule has 9 heteroatoms. The minimum atomic E-state index is -2.79. The third-order valence-corrected chi connectivity index (χ3v) is 17.2. The molecule has 0 spiro atoms. The number of rotatable bonds is 7. The highest BCUT2D eigenvalue weighted by Crippen LogP contribution is 2.49. The average Bonchev–Trinajstić information content (AvgIpc) is 2.83. The standard InChI is InChI=1S/C20H43BO6Si2/c1-13(2)28(14(3)4)24-12-17-18(20(23,10-9-11-22)19(21)25-17)26-29(27-28,15(5)6)16(7)8/h13-19,22-23H,9-12,21H2,1-8H3/t17?,18-,19?,20-/m1/s1. The Morgan fingerprint density at radius 2 is 1.48 bits per heavy atom. The topological polar surface area (TPSA) is 77.4 Å². The summed E-state index contributed by atoms with van der Waals surface area (Å²) in [5.74, 6) is 0. The number of fused-ring (bicyclic) bond motifs is 1. The Morgan fingerprint density at radius 1 is 0.966 bits per heavy atom. The molecule has 0 aromatic heterocycles. The Balaban J connectivity index is 2.57. The van der Waals surface area contributed by atoms with Gasteiger partial charge in [0.1, 0.15) is 25.7 Å². The van der Waals surface area contributed by atoms with E-state index in [1.165, 1.54) is 0 Å². The Morgan fingerprint density at radius 3 is 1.93 bits per heavy atom. The van der Waals surface area contributed by atoms with Crippen molar-refractivity contribution in [2.45, 2.75) is 114 Å². The van der Waals surface area contributed by atoms with Crippen molar-refractivity contribution in [1.29, 1.82) is 0 Å². The van der Waals surface area contributed by atoms with E-state index in [4.69, 9.17) is 17.7 Å². The van der Waals surface area contributed by atoms with Crippen LogP contribution in [0.3, 0.4) is 0 Å². The molecule has 6 nitrogen and oxygen atoms in total. The fourth-order valence-electron chi connectivity index (χ4n) is 5.14. The van der Waals surface area contributed by atoms with E-state index in [1.807, 2.05) is 7.85 Å². The summed E-state index contributed by atoms with van der Waals surface area (Å²) in [5.41, 5.74) is -0.197. The second-order valence-corrected chi connectivity index (χ2v) is 19.0. The van der Waals surface area contributed by atoms with E-state index in [1.54, 1.807) is 0 Å². The molecule has 0 saturated carbocycles. The van der Waals surface area contributed by atoms with Crippen LogP contribution in [-0.4, -0.2) is 72.2 Å². The zero-order chi connectivity index (χ0) is 22.2. The van der Waals surface area contributed by atoms with Crippen molar-refractivity contribution in [3.05, 3.63) is 0 Å². The van der Waals surface area contributed by atoms with E-state index < -0.39 is 28.8 Å². The fourth-order valence-corrected chi connectivity index (χ4v) is 16.4. The van der Waals surface area contributed by atoms with E-state index in [0.717, 1.165) is 0 Å². The van der Waals surface area contributed by atoms with Gasteiger partial charge >= 0.3 is 17.1 Å². The maximum absolute atomic E-state index is 11.6. The third-order valence-electron chi connectivity index (χ3n) is 6.97. The molecule has 2 aliphatic heterocycles. The van der Waals surface area contributed by atoms with Crippen LogP contribution in [0.1, 0.15) is 68.2 Å². The summed E-state index contributed by atoms with van der Waals surface area (Å²) in [6.07, 6.45) is 0.106. The highest BCUT2D eigenvalue weighted by molar-refractivity contribution is 6.84. The van der Waals surface area contributed by atoms with Crippen molar-refractivity contribution >= 4 is 25.0 Å². The second-order valence-electron chi connectivity index (χ2n) is 10.1. The van der Waals surface area contributed by atoms with Gasteiger partial charge in [0.25, 0.3) is 0 Å². The lowest BCUT2D eigenvalue weighted by molar-refractivity contribution is -0.0756. The largest absolute Gasteiger partial charge is 0.414 e. The highest BCUT2D eigenvalue weighted by Gasteiger charge is 2.64. The zero-order valence-electron chi connectivity index (χ0n) is 19.9. The summed E-state index contributed by atoms with van der Waals surface area (Å²) in [4.78, 5) is 0. The number of aliphatic hydroxyl groups is 2. The molecule has 29 heavy (non-hydrogen) atoms. The maximum atomic E-state index is 11.6. The summed E-state index contributed by atoms with van der Waals surface area (Å²) in [7, 11) is -3.49. The van der Waals surface area contributed by atoms with Gasteiger partial charge in [-0.3, -0.25) is 0 Å². The summed E-state index contributed by atoms with van der Waals surface area (Å²) in [6.45, 7) is 17.9. The number of hydrogen-bond donors (Lipinski definition) is 2. The molecule has 0 aromatic rings. The summed E-state index contributed by atoms with van der Waals surface area (Å²) in [5, 5.41) is 21.0. The molecule has 170 valence electrons. The molecule has 2 rings (SSSR count). The van der Waals surface area contributed by atoms with Gasteiger partial charge in [-0.15, -0.1) is 0 Å². The number of hydrogen-bond acceptors (Lipinski definition) is 6. The van der Waals surface area contributed by atoms with Gasteiger partial charge in [0.15, 0.2) is 0 Å². The highest BCUT2D eigenvalue weighted by atomic mass is 28.5. The quantitative estimate of drug-likeness (QED) is 0.586. The molecule has 0 amide bonds. The van der Waals surface area contributed by atoms with Crippen molar-refractivity contribution in [2.75, 3.05) is 13.2 Å². The molecule has 2 aliphatic rings. The van der Waals surface area contributed by atoms with E-state index in [-0.39, 0.29) is 40.9 Å². The molecule has 0 radical (unpaired) electrons. The molecule has 2 heterocycles. The molecule has 2 fully saturated rings. The Kier molecular flexibility index (Phi) is 8.27. The zero-order valence-corrected chi connectivity index (χ0v) is 21.9. The van der Waals surface area contributed by atoms with Crippen LogP contribution in [0.5, 0.6) is 0 Å². The van der Waals surface area contributed by atoms with E-state index in [2.05, 4.69) is 55.4 Å². The minimum absolute atomic E-state index is 0.0348. The van der Waals surface area contributed by atoms with Crippen LogP contribution in [0.4, 0.5) is 0 Å². The predicted octanol–water partition coefficient (Wildman–Crippen LogP) is 2.80. The Labute approximate surface area is 180 Å². The molecular weight excluding hydrogens is 403 g/mol. The monoisotopic (exact) mass is 446 g/mol. The predicted molar refractivity (Wildman–Crippen MR) is 122 cm³/mol. The van der Waals surface area contributed by atoms with E-state index in [9.17, 15) is 10.2 Å². The van der Waals surface area contributed by atoms with Crippen molar-refractivity contribution in [3.8, 4) is 0 Å². The van der Waals surface area contributed by atoms with E-state index in [0.29, 0.717) is 19.4 Å². The Hall–Kier alpha value is 0.259.